The maximum Gasteiger partial charge on any atom is 0.0110 e. The van der Waals surface area contributed by atoms with Crippen LogP contribution in [0, 0.1) is 5.92 Å². The largest absolute Gasteiger partial charge is 0.313 e. The van der Waals surface area contributed by atoms with Crippen LogP contribution in [-0.4, -0.2) is 36.6 Å². The lowest BCUT2D eigenvalue weighted by molar-refractivity contribution is 0.176. The molecule has 96 valence electrons. The first-order chi connectivity index (χ1) is 7.59. The number of hydrogen-bond donors (Lipinski definition) is 1. The highest BCUT2D eigenvalue weighted by molar-refractivity contribution is 4.78. The minimum Gasteiger partial charge on any atom is -0.313 e. The van der Waals surface area contributed by atoms with Crippen LogP contribution in [-0.2, 0) is 0 Å². The van der Waals surface area contributed by atoms with Gasteiger partial charge in [0.1, 0.15) is 0 Å². The molecule has 0 atom stereocenters. The van der Waals surface area contributed by atoms with Gasteiger partial charge in [-0.3, -0.25) is 4.90 Å². The molecule has 2 nitrogen and oxygen atoms in total. The summed E-state index contributed by atoms with van der Waals surface area (Å²) in [6.07, 6.45) is 5.73. The van der Waals surface area contributed by atoms with Gasteiger partial charge in [0.15, 0.2) is 0 Å². The van der Waals surface area contributed by atoms with Gasteiger partial charge in [0, 0.05) is 31.7 Å². The molecule has 0 aromatic carbocycles. The van der Waals surface area contributed by atoms with E-state index in [0.29, 0.717) is 6.04 Å². The molecule has 2 heteroatoms. The molecule has 0 aliphatic heterocycles. The lowest BCUT2D eigenvalue weighted by Gasteiger charge is -2.30. The molecule has 0 spiro atoms. The van der Waals surface area contributed by atoms with Crippen molar-refractivity contribution in [3.63, 3.8) is 0 Å². The summed E-state index contributed by atoms with van der Waals surface area (Å²) in [7, 11) is 0. The van der Waals surface area contributed by atoms with E-state index < -0.39 is 0 Å². The van der Waals surface area contributed by atoms with E-state index in [1.807, 2.05) is 0 Å². The van der Waals surface area contributed by atoms with Gasteiger partial charge in [0.25, 0.3) is 0 Å². The van der Waals surface area contributed by atoms with Crippen LogP contribution in [0.5, 0.6) is 0 Å². The van der Waals surface area contributed by atoms with Crippen molar-refractivity contribution in [3.05, 3.63) is 0 Å². The van der Waals surface area contributed by atoms with Crippen molar-refractivity contribution in [1.29, 1.82) is 0 Å². The van der Waals surface area contributed by atoms with Gasteiger partial charge in [-0.15, -0.1) is 0 Å². The third-order valence-corrected chi connectivity index (χ3v) is 3.39. The summed E-state index contributed by atoms with van der Waals surface area (Å²) in [4.78, 5) is 2.72. The van der Waals surface area contributed by atoms with Crippen LogP contribution in [0.2, 0.25) is 0 Å². The molecule has 0 aromatic heterocycles. The first-order valence-electron chi connectivity index (χ1n) is 7.07. The standard InChI is InChI=1S/C14H30N2/c1-12(2)11-16(10-9-15-13(3)4)14-7-5-6-8-14/h12-15H,5-11H2,1-4H3. The Morgan fingerprint density at radius 1 is 1.12 bits per heavy atom. The van der Waals surface area contributed by atoms with E-state index in [0.717, 1.165) is 18.5 Å². The first-order valence-corrected chi connectivity index (χ1v) is 7.07. The molecule has 1 aliphatic carbocycles. The molecular formula is C14H30N2. The fraction of sp³-hybridized carbons (Fsp3) is 1.00. The fourth-order valence-electron chi connectivity index (χ4n) is 2.66. The predicted octanol–water partition coefficient (Wildman–Crippen LogP) is 2.89. The second kappa shape index (κ2) is 7.29. The van der Waals surface area contributed by atoms with Gasteiger partial charge in [0.2, 0.25) is 0 Å². The minimum atomic E-state index is 0.615. The second-order valence-electron chi connectivity index (χ2n) is 5.94. The Morgan fingerprint density at radius 2 is 1.75 bits per heavy atom. The van der Waals surface area contributed by atoms with E-state index in [1.54, 1.807) is 0 Å². The highest BCUT2D eigenvalue weighted by Gasteiger charge is 2.22. The highest BCUT2D eigenvalue weighted by Crippen LogP contribution is 2.23. The van der Waals surface area contributed by atoms with Crippen LogP contribution in [0.4, 0.5) is 0 Å². The normalized spacial score (nSPS) is 18.2. The van der Waals surface area contributed by atoms with E-state index in [1.165, 1.54) is 38.8 Å². The van der Waals surface area contributed by atoms with Gasteiger partial charge >= 0.3 is 0 Å². The van der Waals surface area contributed by atoms with Crippen molar-refractivity contribution < 1.29 is 0 Å². The van der Waals surface area contributed by atoms with Gasteiger partial charge in [-0.05, 0) is 18.8 Å². The van der Waals surface area contributed by atoms with Crippen LogP contribution >= 0.6 is 0 Å². The molecule has 1 rings (SSSR count). The summed E-state index contributed by atoms with van der Waals surface area (Å²) < 4.78 is 0. The molecule has 0 saturated heterocycles. The van der Waals surface area contributed by atoms with E-state index in [2.05, 4.69) is 37.9 Å². The van der Waals surface area contributed by atoms with Crippen molar-refractivity contribution in [1.82, 2.24) is 10.2 Å². The number of nitrogens with zero attached hydrogens (tertiary/aromatic N) is 1. The molecule has 1 aliphatic rings. The average Bonchev–Trinajstić information content (AvgIpc) is 2.67. The van der Waals surface area contributed by atoms with Crippen molar-refractivity contribution in [2.75, 3.05) is 19.6 Å². The van der Waals surface area contributed by atoms with Gasteiger partial charge < -0.3 is 5.32 Å². The Labute approximate surface area is 102 Å². The Bertz CT molecular complexity index is 172. The molecule has 0 amide bonds. The molecule has 1 fully saturated rings. The first kappa shape index (κ1) is 14.0. The predicted molar refractivity (Wildman–Crippen MR) is 71.8 cm³/mol. The van der Waals surface area contributed by atoms with E-state index >= 15 is 0 Å². The Hall–Kier alpha value is -0.0800. The summed E-state index contributed by atoms with van der Waals surface area (Å²) in [6, 6.07) is 1.49. The van der Waals surface area contributed by atoms with Gasteiger partial charge in [0.05, 0.1) is 0 Å². The molecule has 0 unspecified atom stereocenters. The molecule has 0 heterocycles. The van der Waals surface area contributed by atoms with E-state index in [4.69, 9.17) is 0 Å². The second-order valence-corrected chi connectivity index (χ2v) is 5.94. The topological polar surface area (TPSA) is 15.3 Å². The lowest BCUT2D eigenvalue weighted by Crippen LogP contribution is -2.41. The molecule has 0 aromatic rings. The highest BCUT2D eigenvalue weighted by atomic mass is 15.2. The monoisotopic (exact) mass is 226 g/mol. The number of rotatable bonds is 7. The molecule has 1 N–H and O–H groups in total. The summed E-state index contributed by atoms with van der Waals surface area (Å²) in [6.45, 7) is 12.7. The van der Waals surface area contributed by atoms with Crippen molar-refractivity contribution in [2.45, 2.75) is 65.5 Å². The molecule has 0 radical (unpaired) electrons. The smallest absolute Gasteiger partial charge is 0.0110 e. The van der Waals surface area contributed by atoms with Crippen LogP contribution in [0.1, 0.15) is 53.4 Å². The maximum atomic E-state index is 3.53. The van der Waals surface area contributed by atoms with Crippen molar-refractivity contribution >= 4 is 0 Å². The van der Waals surface area contributed by atoms with Gasteiger partial charge in [-0.2, -0.15) is 0 Å². The van der Waals surface area contributed by atoms with Crippen LogP contribution < -0.4 is 5.32 Å². The number of nitrogens with one attached hydrogen (secondary N) is 1. The molecule has 0 bridgehead atoms. The summed E-state index contributed by atoms with van der Waals surface area (Å²) >= 11 is 0. The number of hydrogen-bond acceptors (Lipinski definition) is 2. The summed E-state index contributed by atoms with van der Waals surface area (Å²) in [5.41, 5.74) is 0. The van der Waals surface area contributed by atoms with Gasteiger partial charge in [-0.1, -0.05) is 40.5 Å². The van der Waals surface area contributed by atoms with Crippen LogP contribution in [0.25, 0.3) is 0 Å². The maximum absolute atomic E-state index is 3.53. The minimum absolute atomic E-state index is 0.615. The molecule has 16 heavy (non-hydrogen) atoms. The van der Waals surface area contributed by atoms with E-state index in [9.17, 15) is 0 Å². The molecule has 1 saturated carbocycles. The Balaban J connectivity index is 2.31. The third kappa shape index (κ3) is 5.31. The zero-order valence-electron chi connectivity index (χ0n) is 11.6. The van der Waals surface area contributed by atoms with Crippen LogP contribution in [0.3, 0.4) is 0 Å². The molecular weight excluding hydrogens is 196 g/mol. The fourth-order valence-corrected chi connectivity index (χ4v) is 2.66. The Morgan fingerprint density at radius 3 is 2.25 bits per heavy atom. The lowest BCUT2D eigenvalue weighted by atomic mass is 10.1. The van der Waals surface area contributed by atoms with Crippen molar-refractivity contribution in [3.8, 4) is 0 Å². The zero-order chi connectivity index (χ0) is 12.0. The quantitative estimate of drug-likeness (QED) is 0.718. The van der Waals surface area contributed by atoms with Crippen LogP contribution in [0.15, 0.2) is 0 Å². The third-order valence-electron chi connectivity index (χ3n) is 3.39. The zero-order valence-corrected chi connectivity index (χ0v) is 11.6. The van der Waals surface area contributed by atoms with E-state index in [-0.39, 0.29) is 0 Å². The summed E-state index contributed by atoms with van der Waals surface area (Å²) in [5, 5.41) is 3.53. The van der Waals surface area contributed by atoms with Crippen molar-refractivity contribution in [2.24, 2.45) is 5.92 Å². The summed E-state index contributed by atoms with van der Waals surface area (Å²) in [5.74, 6) is 0.791. The SMILES string of the molecule is CC(C)CN(CCNC(C)C)C1CCCC1. The average molecular weight is 226 g/mol. The Kier molecular flexibility index (Phi) is 6.37. The van der Waals surface area contributed by atoms with Gasteiger partial charge in [-0.25, -0.2) is 0 Å².